The van der Waals surface area contributed by atoms with Gasteiger partial charge in [0.1, 0.15) is 12.2 Å². The van der Waals surface area contributed by atoms with E-state index in [1.807, 2.05) is 4.68 Å². The summed E-state index contributed by atoms with van der Waals surface area (Å²) in [6.07, 6.45) is 4.27. The van der Waals surface area contributed by atoms with Crippen LogP contribution in [0.5, 0.6) is 0 Å². The summed E-state index contributed by atoms with van der Waals surface area (Å²) >= 11 is 0. The van der Waals surface area contributed by atoms with E-state index in [9.17, 15) is 0 Å². The third-order valence-electron chi connectivity index (χ3n) is 3.45. The lowest BCUT2D eigenvalue weighted by Crippen LogP contribution is -2.37. The average Bonchev–Trinajstić information content (AvgIpc) is 2.99. The van der Waals surface area contributed by atoms with Gasteiger partial charge >= 0.3 is 0 Å². The first-order valence-electron chi connectivity index (χ1n) is 6.66. The van der Waals surface area contributed by atoms with E-state index < -0.39 is 0 Å². The van der Waals surface area contributed by atoms with Gasteiger partial charge in [-0.05, 0) is 32.9 Å². The van der Waals surface area contributed by atoms with Crippen molar-refractivity contribution in [3.63, 3.8) is 0 Å². The molecule has 0 radical (unpaired) electrons. The molecule has 1 atom stereocenters. The first-order chi connectivity index (χ1) is 8.33. The molecular weight excluding hydrogens is 214 g/mol. The molecule has 0 aromatic carbocycles. The summed E-state index contributed by atoms with van der Waals surface area (Å²) in [7, 11) is 0. The molecular formula is C12H23N5. The lowest BCUT2D eigenvalue weighted by molar-refractivity contribution is 0.243. The smallest absolute Gasteiger partial charge is 0.140 e. The number of hydrogen-bond acceptors (Lipinski definition) is 4. The summed E-state index contributed by atoms with van der Waals surface area (Å²) in [4.78, 5) is 6.78. The van der Waals surface area contributed by atoms with Crippen LogP contribution in [0.4, 0.5) is 0 Å². The van der Waals surface area contributed by atoms with Crippen molar-refractivity contribution in [3.8, 4) is 0 Å². The monoisotopic (exact) mass is 237 g/mol. The van der Waals surface area contributed by atoms with Crippen LogP contribution in [0.25, 0.3) is 0 Å². The topological polar surface area (TPSA) is 46.0 Å². The zero-order valence-electron chi connectivity index (χ0n) is 10.9. The molecule has 96 valence electrons. The van der Waals surface area contributed by atoms with Gasteiger partial charge in [0.25, 0.3) is 0 Å². The van der Waals surface area contributed by atoms with E-state index in [0.717, 1.165) is 32.0 Å². The van der Waals surface area contributed by atoms with Crippen molar-refractivity contribution < 1.29 is 0 Å². The van der Waals surface area contributed by atoms with Crippen molar-refractivity contribution in [2.24, 2.45) is 0 Å². The predicted octanol–water partition coefficient (Wildman–Crippen LogP) is 0.872. The third kappa shape index (κ3) is 3.26. The van der Waals surface area contributed by atoms with E-state index in [2.05, 4.69) is 34.1 Å². The maximum absolute atomic E-state index is 4.34. The van der Waals surface area contributed by atoms with Crippen molar-refractivity contribution >= 4 is 0 Å². The van der Waals surface area contributed by atoms with Crippen molar-refractivity contribution in [2.75, 3.05) is 19.6 Å². The maximum atomic E-state index is 4.34. The van der Waals surface area contributed by atoms with Crippen molar-refractivity contribution in [1.29, 1.82) is 0 Å². The zero-order chi connectivity index (χ0) is 12.1. The molecule has 1 aromatic heterocycles. The van der Waals surface area contributed by atoms with Gasteiger partial charge < -0.3 is 5.32 Å². The number of aryl methyl sites for hydroxylation is 1. The largest absolute Gasteiger partial charge is 0.313 e. The SMILES string of the molecule is CCN(Cc1ncnn1CC)CC1CCCN1. The fourth-order valence-electron chi connectivity index (χ4n) is 2.40. The minimum absolute atomic E-state index is 0.660. The zero-order valence-corrected chi connectivity index (χ0v) is 10.9. The highest BCUT2D eigenvalue weighted by Gasteiger charge is 2.18. The fraction of sp³-hybridized carbons (Fsp3) is 0.833. The van der Waals surface area contributed by atoms with Gasteiger partial charge in [-0.3, -0.25) is 4.90 Å². The molecule has 2 heterocycles. The number of likely N-dealkylation sites (N-methyl/N-ethyl adjacent to an activating group) is 1. The molecule has 5 nitrogen and oxygen atoms in total. The second-order valence-corrected chi connectivity index (χ2v) is 4.61. The van der Waals surface area contributed by atoms with Crippen LogP contribution in [0.3, 0.4) is 0 Å². The molecule has 1 unspecified atom stereocenters. The Labute approximate surface area is 103 Å². The first kappa shape index (κ1) is 12.5. The van der Waals surface area contributed by atoms with Gasteiger partial charge in [0.2, 0.25) is 0 Å². The number of nitrogens with one attached hydrogen (secondary N) is 1. The predicted molar refractivity (Wildman–Crippen MR) is 67.7 cm³/mol. The molecule has 1 saturated heterocycles. The van der Waals surface area contributed by atoms with Crippen LogP contribution in [0, 0.1) is 0 Å². The summed E-state index contributed by atoms with van der Waals surface area (Å²) < 4.78 is 1.98. The maximum Gasteiger partial charge on any atom is 0.140 e. The van der Waals surface area contributed by atoms with E-state index in [1.165, 1.54) is 19.4 Å². The lowest BCUT2D eigenvalue weighted by atomic mass is 10.2. The van der Waals surface area contributed by atoms with Gasteiger partial charge in [-0.1, -0.05) is 6.92 Å². The van der Waals surface area contributed by atoms with E-state index in [0.29, 0.717) is 6.04 Å². The van der Waals surface area contributed by atoms with E-state index in [-0.39, 0.29) is 0 Å². The van der Waals surface area contributed by atoms with Crippen molar-refractivity contribution in [1.82, 2.24) is 25.0 Å². The normalized spacial score (nSPS) is 20.3. The highest BCUT2D eigenvalue weighted by atomic mass is 15.3. The Morgan fingerprint density at radius 2 is 2.41 bits per heavy atom. The summed E-state index contributed by atoms with van der Waals surface area (Å²) in [6.45, 7) is 9.47. The lowest BCUT2D eigenvalue weighted by Gasteiger charge is -2.23. The van der Waals surface area contributed by atoms with Crippen LogP contribution in [0.15, 0.2) is 6.33 Å². The quantitative estimate of drug-likeness (QED) is 0.797. The number of rotatable bonds is 6. The number of aromatic nitrogens is 3. The van der Waals surface area contributed by atoms with Crippen LogP contribution in [-0.2, 0) is 13.1 Å². The summed E-state index contributed by atoms with van der Waals surface area (Å²) in [5.74, 6) is 1.08. The Kier molecular flexibility index (Phi) is 4.50. The van der Waals surface area contributed by atoms with Gasteiger partial charge in [0, 0.05) is 19.1 Å². The first-order valence-corrected chi connectivity index (χ1v) is 6.66. The fourth-order valence-corrected chi connectivity index (χ4v) is 2.40. The molecule has 0 aliphatic carbocycles. The second kappa shape index (κ2) is 6.12. The molecule has 1 N–H and O–H groups in total. The van der Waals surface area contributed by atoms with E-state index in [1.54, 1.807) is 6.33 Å². The molecule has 0 bridgehead atoms. The molecule has 0 amide bonds. The molecule has 1 fully saturated rings. The van der Waals surface area contributed by atoms with Crippen LogP contribution < -0.4 is 5.32 Å². The van der Waals surface area contributed by atoms with Crippen molar-refractivity contribution in [3.05, 3.63) is 12.2 Å². The Balaban J connectivity index is 1.90. The van der Waals surface area contributed by atoms with Gasteiger partial charge in [-0.15, -0.1) is 0 Å². The molecule has 2 rings (SSSR count). The van der Waals surface area contributed by atoms with Gasteiger partial charge in [-0.2, -0.15) is 5.10 Å². The van der Waals surface area contributed by atoms with Crippen LogP contribution in [0.1, 0.15) is 32.5 Å². The van der Waals surface area contributed by atoms with Crippen LogP contribution in [0.2, 0.25) is 0 Å². The highest BCUT2D eigenvalue weighted by Crippen LogP contribution is 2.09. The van der Waals surface area contributed by atoms with E-state index >= 15 is 0 Å². The van der Waals surface area contributed by atoms with Crippen LogP contribution in [-0.4, -0.2) is 45.3 Å². The van der Waals surface area contributed by atoms with Gasteiger partial charge in [0.15, 0.2) is 0 Å². The van der Waals surface area contributed by atoms with Crippen LogP contribution >= 0.6 is 0 Å². The minimum atomic E-state index is 0.660. The van der Waals surface area contributed by atoms with Gasteiger partial charge in [0.05, 0.1) is 6.54 Å². The molecule has 17 heavy (non-hydrogen) atoms. The molecule has 1 aliphatic heterocycles. The number of nitrogens with zero attached hydrogens (tertiary/aromatic N) is 4. The van der Waals surface area contributed by atoms with E-state index in [4.69, 9.17) is 0 Å². The Morgan fingerprint density at radius 3 is 3.06 bits per heavy atom. The number of hydrogen-bond donors (Lipinski definition) is 1. The standard InChI is InChI=1S/C12H23N5/c1-3-16(8-11-6-5-7-13-11)9-12-14-10-15-17(12)4-2/h10-11,13H,3-9H2,1-2H3. The molecule has 1 aromatic rings. The summed E-state index contributed by atoms with van der Waals surface area (Å²) in [5, 5.41) is 7.76. The molecule has 1 aliphatic rings. The molecule has 0 spiro atoms. The Bertz CT molecular complexity index is 329. The highest BCUT2D eigenvalue weighted by molar-refractivity contribution is 4.86. The van der Waals surface area contributed by atoms with Crippen molar-refractivity contribution in [2.45, 2.75) is 45.8 Å². The Hall–Kier alpha value is -0.940. The van der Waals surface area contributed by atoms with Gasteiger partial charge in [-0.25, -0.2) is 9.67 Å². The molecule has 5 heteroatoms. The summed E-state index contributed by atoms with van der Waals surface area (Å²) in [5.41, 5.74) is 0. The Morgan fingerprint density at radius 1 is 1.53 bits per heavy atom. The molecule has 0 saturated carbocycles. The summed E-state index contributed by atoms with van der Waals surface area (Å²) in [6, 6.07) is 0.660. The second-order valence-electron chi connectivity index (χ2n) is 4.61. The average molecular weight is 237 g/mol. The third-order valence-corrected chi connectivity index (χ3v) is 3.45. The minimum Gasteiger partial charge on any atom is -0.313 e.